The number of esters is 2. The van der Waals surface area contributed by atoms with Crippen molar-refractivity contribution in [1.29, 1.82) is 0 Å². The molecule has 20 heavy (non-hydrogen) atoms. The maximum atomic E-state index is 11.9. The Morgan fingerprint density at radius 3 is 1.65 bits per heavy atom. The highest BCUT2D eigenvalue weighted by molar-refractivity contribution is 6.02. The van der Waals surface area contributed by atoms with E-state index in [1.54, 1.807) is 38.1 Å². The van der Waals surface area contributed by atoms with Gasteiger partial charge in [0.2, 0.25) is 0 Å². The van der Waals surface area contributed by atoms with Crippen LogP contribution in [0.15, 0.2) is 24.3 Å². The van der Waals surface area contributed by atoms with Gasteiger partial charge in [-0.25, -0.2) is 19.6 Å². The van der Waals surface area contributed by atoms with Crippen LogP contribution in [-0.4, -0.2) is 35.1 Å². The zero-order valence-corrected chi connectivity index (χ0v) is 11.3. The van der Waals surface area contributed by atoms with Gasteiger partial charge in [0.1, 0.15) is 0 Å². The van der Waals surface area contributed by atoms with Crippen molar-refractivity contribution in [2.24, 2.45) is 0 Å². The molecule has 1 heterocycles. The molecule has 0 N–H and O–H groups in total. The summed E-state index contributed by atoms with van der Waals surface area (Å²) in [5.74, 6) is -1.37. The highest BCUT2D eigenvalue weighted by atomic mass is 16.5. The van der Waals surface area contributed by atoms with E-state index in [2.05, 4.69) is 9.97 Å². The second-order valence-electron chi connectivity index (χ2n) is 3.85. The Bertz CT molecular complexity index is 598. The molecular weight excluding hydrogens is 260 g/mol. The predicted molar refractivity (Wildman–Crippen MR) is 71.5 cm³/mol. The first-order valence-electron chi connectivity index (χ1n) is 6.28. The second kappa shape index (κ2) is 6.10. The summed E-state index contributed by atoms with van der Waals surface area (Å²) in [6.07, 6.45) is 0. The van der Waals surface area contributed by atoms with Crippen molar-refractivity contribution in [2.45, 2.75) is 13.8 Å². The molecule has 1 aromatic carbocycles. The average Bonchev–Trinajstić information content (AvgIpc) is 2.46. The topological polar surface area (TPSA) is 78.4 Å². The molecule has 1 aromatic heterocycles. The van der Waals surface area contributed by atoms with Crippen molar-refractivity contribution in [1.82, 2.24) is 9.97 Å². The van der Waals surface area contributed by atoms with E-state index in [-0.39, 0.29) is 24.6 Å². The van der Waals surface area contributed by atoms with Crippen LogP contribution in [0.5, 0.6) is 0 Å². The number of ether oxygens (including phenoxy) is 2. The quantitative estimate of drug-likeness (QED) is 0.793. The van der Waals surface area contributed by atoms with Gasteiger partial charge in [-0.15, -0.1) is 0 Å². The zero-order chi connectivity index (χ0) is 14.5. The summed E-state index contributed by atoms with van der Waals surface area (Å²) in [7, 11) is 0. The Morgan fingerprint density at radius 2 is 1.30 bits per heavy atom. The number of benzene rings is 1. The summed E-state index contributed by atoms with van der Waals surface area (Å²) < 4.78 is 9.79. The van der Waals surface area contributed by atoms with E-state index in [0.29, 0.717) is 11.0 Å². The lowest BCUT2D eigenvalue weighted by Gasteiger charge is -2.08. The summed E-state index contributed by atoms with van der Waals surface area (Å²) in [6, 6.07) is 6.96. The minimum Gasteiger partial charge on any atom is -0.461 e. The molecule has 0 saturated carbocycles. The standard InChI is InChI=1S/C14H14N2O4/c1-3-19-13(17)11-12(14(18)20-4-2)16-10-8-6-5-7-9(10)15-11/h5-8H,3-4H2,1-2H3. The molecule has 2 rings (SSSR count). The maximum absolute atomic E-state index is 11.9. The van der Waals surface area contributed by atoms with Gasteiger partial charge in [-0.2, -0.15) is 0 Å². The molecule has 104 valence electrons. The molecular formula is C14H14N2O4. The maximum Gasteiger partial charge on any atom is 0.359 e. The third-order valence-electron chi connectivity index (χ3n) is 2.51. The van der Waals surface area contributed by atoms with E-state index in [1.165, 1.54) is 0 Å². The molecule has 0 unspecified atom stereocenters. The number of hydrogen-bond acceptors (Lipinski definition) is 6. The monoisotopic (exact) mass is 274 g/mol. The van der Waals surface area contributed by atoms with Crippen LogP contribution in [0, 0.1) is 0 Å². The summed E-state index contributed by atoms with van der Waals surface area (Å²) in [4.78, 5) is 32.1. The van der Waals surface area contributed by atoms with Gasteiger partial charge in [0, 0.05) is 0 Å². The van der Waals surface area contributed by atoms with Crippen LogP contribution < -0.4 is 0 Å². The number of aromatic nitrogens is 2. The van der Waals surface area contributed by atoms with Gasteiger partial charge in [-0.05, 0) is 26.0 Å². The average molecular weight is 274 g/mol. The van der Waals surface area contributed by atoms with Gasteiger partial charge < -0.3 is 9.47 Å². The van der Waals surface area contributed by atoms with E-state index in [9.17, 15) is 9.59 Å². The fourth-order valence-electron chi connectivity index (χ4n) is 1.68. The number of para-hydroxylation sites is 2. The fraction of sp³-hybridized carbons (Fsp3) is 0.286. The Morgan fingerprint density at radius 1 is 0.900 bits per heavy atom. The summed E-state index contributed by atoms with van der Waals surface area (Å²) >= 11 is 0. The number of carbonyl (C=O) groups excluding carboxylic acids is 2. The van der Waals surface area contributed by atoms with Gasteiger partial charge in [-0.3, -0.25) is 0 Å². The van der Waals surface area contributed by atoms with Crippen LogP contribution in [0.25, 0.3) is 11.0 Å². The number of fused-ring (bicyclic) bond motifs is 1. The molecule has 0 aliphatic heterocycles. The van der Waals surface area contributed by atoms with Crippen LogP contribution >= 0.6 is 0 Å². The molecule has 0 aliphatic carbocycles. The van der Waals surface area contributed by atoms with Crippen LogP contribution in [0.2, 0.25) is 0 Å². The molecule has 0 spiro atoms. The van der Waals surface area contributed by atoms with Crippen LogP contribution in [0.3, 0.4) is 0 Å². The van der Waals surface area contributed by atoms with E-state index in [1.807, 2.05) is 0 Å². The molecule has 0 fully saturated rings. The van der Waals surface area contributed by atoms with Crippen molar-refractivity contribution in [3.8, 4) is 0 Å². The summed E-state index contributed by atoms with van der Waals surface area (Å²) in [5, 5.41) is 0. The predicted octanol–water partition coefficient (Wildman–Crippen LogP) is 1.98. The Kier molecular flexibility index (Phi) is 4.24. The first-order chi connectivity index (χ1) is 9.67. The van der Waals surface area contributed by atoms with E-state index < -0.39 is 11.9 Å². The largest absolute Gasteiger partial charge is 0.461 e. The van der Waals surface area contributed by atoms with Crippen LogP contribution in [0.1, 0.15) is 34.8 Å². The van der Waals surface area contributed by atoms with Crippen molar-refractivity contribution in [2.75, 3.05) is 13.2 Å². The van der Waals surface area contributed by atoms with Gasteiger partial charge in [0.05, 0.1) is 24.2 Å². The molecule has 0 bridgehead atoms. The van der Waals surface area contributed by atoms with Crippen LogP contribution in [-0.2, 0) is 9.47 Å². The molecule has 6 heteroatoms. The van der Waals surface area contributed by atoms with E-state index in [4.69, 9.17) is 9.47 Å². The Labute approximate surface area is 115 Å². The molecule has 0 atom stereocenters. The fourth-order valence-corrected chi connectivity index (χ4v) is 1.68. The molecule has 6 nitrogen and oxygen atoms in total. The van der Waals surface area contributed by atoms with Crippen molar-refractivity contribution in [3.63, 3.8) is 0 Å². The minimum absolute atomic E-state index is 0.121. The molecule has 0 saturated heterocycles. The number of nitrogens with zero attached hydrogens (tertiary/aromatic N) is 2. The number of hydrogen-bond donors (Lipinski definition) is 0. The molecule has 0 radical (unpaired) electrons. The number of carbonyl (C=O) groups is 2. The van der Waals surface area contributed by atoms with Gasteiger partial charge >= 0.3 is 11.9 Å². The third-order valence-corrected chi connectivity index (χ3v) is 2.51. The summed E-state index contributed by atoms with van der Waals surface area (Å²) in [5.41, 5.74) is 0.792. The third kappa shape index (κ3) is 2.74. The van der Waals surface area contributed by atoms with Crippen molar-refractivity contribution in [3.05, 3.63) is 35.7 Å². The normalized spacial score (nSPS) is 10.3. The SMILES string of the molecule is CCOC(=O)c1nc2ccccc2nc1C(=O)OCC. The minimum atomic E-state index is -0.686. The van der Waals surface area contributed by atoms with Gasteiger partial charge in [0.15, 0.2) is 11.4 Å². The van der Waals surface area contributed by atoms with Crippen LogP contribution in [0.4, 0.5) is 0 Å². The lowest BCUT2D eigenvalue weighted by Crippen LogP contribution is -2.18. The smallest absolute Gasteiger partial charge is 0.359 e. The second-order valence-corrected chi connectivity index (χ2v) is 3.85. The zero-order valence-electron chi connectivity index (χ0n) is 11.3. The highest BCUT2D eigenvalue weighted by Gasteiger charge is 2.23. The Balaban J connectivity index is 2.58. The first kappa shape index (κ1) is 13.9. The van der Waals surface area contributed by atoms with E-state index >= 15 is 0 Å². The van der Waals surface area contributed by atoms with E-state index in [0.717, 1.165) is 0 Å². The van der Waals surface area contributed by atoms with Gasteiger partial charge in [0.25, 0.3) is 0 Å². The Hall–Kier alpha value is -2.50. The molecule has 0 aliphatic rings. The van der Waals surface area contributed by atoms with Crippen molar-refractivity contribution >= 4 is 23.0 Å². The highest BCUT2D eigenvalue weighted by Crippen LogP contribution is 2.15. The van der Waals surface area contributed by atoms with Crippen molar-refractivity contribution < 1.29 is 19.1 Å². The molecule has 0 amide bonds. The lowest BCUT2D eigenvalue weighted by molar-refractivity contribution is 0.0468. The number of rotatable bonds is 4. The summed E-state index contributed by atoms with van der Waals surface area (Å²) in [6.45, 7) is 3.73. The lowest BCUT2D eigenvalue weighted by atomic mass is 10.2. The first-order valence-corrected chi connectivity index (χ1v) is 6.28. The van der Waals surface area contributed by atoms with Gasteiger partial charge in [-0.1, -0.05) is 12.1 Å². The molecule has 2 aromatic rings.